The van der Waals surface area contributed by atoms with Crippen molar-refractivity contribution in [3.63, 3.8) is 0 Å². The van der Waals surface area contributed by atoms with Crippen molar-refractivity contribution in [2.45, 2.75) is 59.8 Å². The zero-order valence-electron chi connectivity index (χ0n) is 18.4. The van der Waals surface area contributed by atoms with Gasteiger partial charge in [0.1, 0.15) is 7.05 Å². The van der Waals surface area contributed by atoms with Crippen LogP contribution in [0.5, 0.6) is 0 Å². The van der Waals surface area contributed by atoms with Crippen LogP contribution in [0.3, 0.4) is 0 Å². The molecule has 0 amide bonds. The standard InChI is InChI=1S/C27H32N/c1-16(2)22-14-25(28(7)15-24(22)17(3)4)27-19(6)12-18(5)26-21-11-9-8-10-20(21)13-23(26)27/h8-12,14-17H,13H2,1-7H3/q+1. The van der Waals surface area contributed by atoms with Crippen LogP contribution < -0.4 is 4.57 Å². The van der Waals surface area contributed by atoms with E-state index in [2.05, 4.69) is 95.8 Å². The van der Waals surface area contributed by atoms with E-state index in [4.69, 9.17) is 0 Å². The summed E-state index contributed by atoms with van der Waals surface area (Å²) < 4.78 is 2.35. The lowest BCUT2D eigenvalue weighted by molar-refractivity contribution is -0.661. The fourth-order valence-corrected chi connectivity index (χ4v) is 5.00. The van der Waals surface area contributed by atoms with Gasteiger partial charge in [0.05, 0.1) is 5.56 Å². The maximum Gasteiger partial charge on any atom is 0.213 e. The van der Waals surface area contributed by atoms with Gasteiger partial charge in [-0.25, -0.2) is 4.57 Å². The predicted molar refractivity (Wildman–Crippen MR) is 119 cm³/mol. The zero-order chi connectivity index (χ0) is 20.2. The molecule has 1 aromatic heterocycles. The van der Waals surface area contributed by atoms with Crippen LogP contribution in [0, 0.1) is 13.8 Å². The molecule has 1 nitrogen and oxygen atoms in total. The van der Waals surface area contributed by atoms with Gasteiger partial charge in [0.2, 0.25) is 5.69 Å². The highest BCUT2D eigenvalue weighted by atomic mass is 14.9. The topological polar surface area (TPSA) is 3.88 Å². The van der Waals surface area contributed by atoms with Crippen LogP contribution in [0.4, 0.5) is 0 Å². The van der Waals surface area contributed by atoms with Crippen LogP contribution in [-0.4, -0.2) is 0 Å². The summed E-state index contributed by atoms with van der Waals surface area (Å²) in [6.07, 6.45) is 3.40. The number of pyridine rings is 1. The minimum Gasteiger partial charge on any atom is -0.201 e. The van der Waals surface area contributed by atoms with Gasteiger partial charge in [-0.3, -0.25) is 0 Å². The Bertz CT molecular complexity index is 1070. The van der Waals surface area contributed by atoms with Crippen LogP contribution in [0.1, 0.15) is 72.9 Å². The lowest BCUT2D eigenvalue weighted by Gasteiger charge is -2.18. The monoisotopic (exact) mass is 370 g/mol. The molecule has 0 N–H and O–H groups in total. The first-order valence-corrected chi connectivity index (χ1v) is 10.5. The molecule has 0 bridgehead atoms. The largest absolute Gasteiger partial charge is 0.213 e. The number of nitrogens with zero attached hydrogens (tertiary/aromatic N) is 1. The van der Waals surface area contributed by atoms with Crippen LogP contribution in [0.15, 0.2) is 42.6 Å². The SMILES string of the molecule is Cc1cc(C)c(-c2cc(C(C)C)c(C(C)C)c[n+]2C)c2c1-c1ccccc1C2. The van der Waals surface area contributed by atoms with E-state index in [1.165, 1.54) is 55.8 Å². The Morgan fingerprint density at radius 3 is 2.14 bits per heavy atom. The van der Waals surface area contributed by atoms with E-state index >= 15 is 0 Å². The van der Waals surface area contributed by atoms with E-state index in [9.17, 15) is 0 Å². The molecular formula is C27H32N+. The molecule has 144 valence electrons. The predicted octanol–water partition coefficient (Wildman–Crippen LogP) is 6.61. The number of aromatic nitrogens is 1. The van der Waals surface area contributed by atoms with Crippen LogP contribution in [0.25, 0.3) is 22.4 Å². The van der Waals surface area contributed by atoms with Gasteiger partial charge in [0.25, 0.3) is 0 Å². The maximum absolute atomic E-state index is 2.46. The average molecular weight is 371 g/mol. The molecule has 3 aromatic rings. The molecule has 0 saturated carbocycles. The number of hydrogen-bond donors (Lipinski definition) is 0. The second-order valence-electron chi connectivity index (χ2n) is 9.06. The van der Waals surface area contributed by atoms with Crippen molar-refractivity contribution in [2.75, 3.05) is 0 Å². The summed E-state index contributed by atoms with van der Waals surface area (Å²) in [5.41, 5.74) is 14.3. The van der Waals surface area contributed by atoms with Crippen LogP contribution in [-0.2, 0) is 13.5 Å². The second kappa shape index (κ2) is 6.88. The summed E-state index contributed by atoms with van der Waals surface area (Å²) in [5.74, 6) is 1.06. The highest BCUT2D eigenvalue weighted by Crippen LogP contribution is 2.44. The molecule has 28 heavy (non-hydrogen) atoms. The van der Waals surface area contributed by atoms with Crippen molar-refractivity contribution >= 4 is 0 Å². The van der Waals surface area contributed by atoms with E-state index in [1.807, 2.05) is 0 Å². The molecular weight excluding hydrogens is 338 g/mol. The van der Waals surface area contributed by atoms with Gasteiger partial charge in [0.15, 0.2) is 6.20 Å². The fourth-order valence-electron chi connectivity index (χ4n) is 5.00. The molecule has 0 aliphatic heterocycles. The summed E-state index contributed by atoms with van der Waals surface area (Å²) in [5, 5.41) is 0. The number of hydrogen-bond acceptors (Lipinski definition) is 0. The van der Waals surface area contributed by atoms with Crippen molar-refractivity contribution in [1.82, 2.24) is 0 Å². The van der Waals surface area contributed by atoms with Crippen molar-refractivity contribution in [1.29, 1.82) is 0 Å². The third kappa shape index (κ3) is 2.89. The summed E-state index contributed by atoms with van der Waals surface area (Å²) >= 11 is 0. The normalized spacial score (nSPS) is 12.6. The summed E-state index contributed by atoms with van der Waals surface area (Å²) in [6, 6.07) is 13.7. The molecule has 4 rings (SSSR count). The Hall–Kier alpha value is -2.41. The third-order valence-corrected chi connectivity index (χ3v) is 6.32. The average Bonchev–Trinajstić information content (AvgIpc) is 3.01. The van der Waals surface area contributed by atoms with Gasteiger partial charge < -0.3 is 0 Å². The fraction of sp³-hybridized carbons (Fsp3) is 0.370. The van der Waals surface area contributed by atoms with E-state index in [0.29, 0.717) is 11.8 Å². The lowest BCUT2D eigenvalue weighted by Crippen LogP contribution is -2.33. The Labute approximate surface area is 170 Å². The molecule has 0 spiro atoms. The molecule has 0 unspecified atom stereocenters. The van der Waals surface area contributed by atoms with E-state index in [1.54, 1.807) is 0 Å². The van der Waals surface area contributed by atoms with E-state index < -0.39 is 0 Å². The van der Waals surface area contributed by atoms with Gasteiger partial charge in [0, 0.05) is 11.6 Å². The first-order valence-electron chi connectivity index (χ1n) is 10.5. The number of rotatable bonds is 3. The molecule has 0 radical (unpaired) electrons. The summed E-state index contributed by atoms with van der Waals surface area (Å²) in [6.45, 7) is 13.8. The van der Waals surface area contributed by atoms with Crippen molar-refractivity contribution in [2.24, 2.45) is 7.05 Å². The summed E-state index contributed by atoms with van der Waals surface area (Å²) in [7, 11) is 2.21. The Morgan fingerprint density at radius 2 is 1.46 bits per heavy atom. The number of benzene rings is 2. The molecule has 0 fully saturated rings. The molecule has 1 aliphatic carbocycles. The van der Waals surface area contributed by atoms with Crippen molar-refractivity contribution < 1.29 is 4.57 Å². The molecule has 1 aliphatic rings. The van der Waals surface area contributed by atoms with Gasteiger partial charge in [-0.05, 0) is 71.0 Å². The zero-order valence-corrected chi connectivity index (χ0v) is 18.4. The van der Waals surface area contributed by atoms with E-state index in [-0.39, 0.29) is 0 Å². The Kier molecular flexibility index (Phi) is 4.65. The number of fused-ring (bicyclic) bond motifs is 3. The number of aryl methyl sites for hydroxylation is 3. The third-order valence-electron chi connectivity index (χ3n) is 6.32. The quantitative estimate of drug-likeness (QED) is 0.357. The highest BCUT2D eigenvalue weighted by molar-refractivity contribution is 5.87. The van der Waals surface area contributed by atoms with Gasteiger partial charge >= 0.3 is 0 Å². The first-order chi connectivity index (χ1) is 13.3. The van der Waals surface area contributed by atoms with E-state index in [0.717, 1.165) is 6.42 Å². The Balaban J connectivity index is 2.01. The Morgan fingerprint density at radius 1 is 0.821 bits per heavy atom. The molecule has 0 atom stereocenters. The summed E-state index contributed by atoms with van der Waals surface area (Å²) in [4.78, 5) is 0. The minimum absolute atomic E-state index is 0.522. The highest BCUT2D eigenvalue weighted by Gasteiger charge is 2.29. The van der Waals surface area contributed by atoms with Crippen LogP contribution >= 0.6 is 0 Å². The smallest absolute Gasteiger partial charge is 0.201 e. The lowest BCUT2D eigenvalue weighted by atomic mass is 9.87. The van der Waals surface area contributed by atoms with Gasteiger partial charge in [-0.15, -0.1) is 0 Å². The molecule has 1 heterocycles. The van der Waals surface area contributed by atoms with Crippen molar-refractivity contribution in [3.05, 3.63) is 76.0 Å². The van der Waals surface area contributed by atoms with Crippen molar-refractivity contribution in [3.8, 4) is 22.4 Å². The molecule has 1 heteroatoms. The van der Waals surface area contributed by atoms with Crippen LogP contribution in [0.2, 0.25) is 0 Å². The maximum atomic E-state index is 2.46. The first kappa shape index (κ1) is 18.9. The molecule has 2 aromatic carbocycles. The second-order valence-corrected chi connectivity index (χ2v) is 9.06. The van der Waals surface area contributed by atoms with Gasteiger partial charge in [-0.2, -0.15) is 0 Å². The minimum atomic E-state index is 0.522. The van der Waals surface area contributed by atoms with Gasteiger partial charge in [-0.1, -0.05) is 58.0 Å². The molecule has 0 saturated heterocycles.